The molecule has 126 valence electrons. The van der Waals surface area contributed by atoms with Crippen molar-refractivity contribution in [3.63, 3.8) is 0 Å². The lowest BCUT2D eigenvalue weighted by Gasteiger charge is -2.27. The second-order valence-electron chi connectivity index (χ2n) is 6.82. The van der Waals surface area contributed by atoms with Crippen molar-refractivity contribution in [2.75, 3.05) is 6.54 Å². The normalized spacial score (nSPS) is 22.9. The van der Waals surface area contributed by atoms with Gasteiger partial charge in [0, 0.05) is 29.7 Å². The molecule has 2 aromatic rings. The van der Waals surface area contributed by atoms with Crippen molar-refractivity contribution in [2.45, 2.75) is 49.3 Å². The first-order chi connectivity index (χ1) is 11.6. The number of likely N-dealkylation sites (tertiary alicyclic amines) is 1. The summed E-state index contributed by atoms with van der Waals surface area (Å²) < 4.78 is 1.94. The van der Waals surface area contributed by atoms with E-state index >= 15 is 0 Å². The number of thioether (sulfide) groups is 1. The van der Waals surface area contributed by atoms with Crippen LogP contribution in [0.3, 0.4) is 0 Å². The predicted octanol–water partition coefficient (Wildman–Crippen LogP) is 3.42. The van der Waals surface area contributed by atoms with Crippen molar-refractivity contribution < 1.29 is 4.79 Å². The Morgan fingerprint density at radius 1 is 1.29 bits per heavy atom. The number of amides is 1. The van der Waals surface area contributed by atoms with Gasteiger partial charge in [-0.15, -0.1) is 11.8 Å². The number of aryl methyl sites for hydroxylation is 2. The zero-order valence-electron chi connectivity index (χ0n) is 14.5. The molecule has 2 aliphatic rings. The molecule has 2 atom stereocenters. The van der Waals surface area contributed by atoms with E-state index in [1.807, 2.05) is 11.7 Å². The molecule has 4 rings (SSSR count). The van der Waals surface area contributed by atoms with Gasteiger partial charge in [0.05, 0.1) is 17.0 Å². The minimum Gasteiger partial charge on any atom is -0.335 e. The summed E-state index contributed by atoms with van der Waals surface area (Å²) in [5.41, 5.74) is 4.80. The fraction of sp³-hybridized carbons (Fsp3) is 0.474. The maximum Gasteiger partial charge on any atom is 0.236 e. The standard InChI is InChI=1S/C19H23N3OS/c1-12-18(13(2)21(3)20-12)15-8-6-10-22(15)19(23)17-11-14-7-4-5-9-16(14)24-17/h4-5,7,9,15,17H,6,8,10-11H2,1-3H3. The second-order valence-corrected chi connectivity index (χ2v) is 8.06. The van der Waals surface area contributed by atoms with Crippen LogP contribution in [0.1, 0.15) is 41.4 Å². The van der Waals surface area contributed by atoms with Gasteiger partial charge in [0.1, 0.15) is 0 Å². The topological polar surface area (TPSA) is 38.1 Å². The molecule has 0 bridgehead atoms. The van der Waals surface area contributed by atoms with Gasteiger partial charge in [-0.3, -0.25) is 9.48 Å². The maximum absolute atomic E-state index is 13.2. The van der Waals surface area contributed by atoms with E-state index < -0.39 is 0 Å². The summed E-state index contributed by atoms with van der Waals surface area (Å²) in [6.45, 7) is 5.03. The Labute approximate surface area is 147 Å². The molecule has 1 aromatic carbocycles. The van der Waals surface area contributed by atoms with Crippen LogP contribution >= 0.6 is 11.8 Å². The molecule has 3 heterocycles. The van der Waals surface area contributed by atoms with Gasteiger partial charge in [-0.05, 0) is 44.7 Å². The molecule has 0 N–H and O–H groups in total. The highest BCUT2D eigenvalue weighted by Crippen LogP contribution is 2.41. The number of fused-ring (bicyclic) bond motifs is 1. The van der Waals surface area contributed by atoms with Crippen LogP contribution < -0.4 is 0 Å². The van der Waals surface area contributed by atoms with Crippen LogP contribution in [0, 0.1) is 13.8 Å². The number of aromatic nitrogens is 2. The third-order valence-electron chi connectivity index (χ3n) is 5.36. The maximum atomic E-state index is 13.2. The van der Waals surface area contributed by atoms with E-state index in [-0.39, 0.29) is 11.3 Å². The van der Waals surface area contributed by atoms with Gasteiger partial charge in [0.15, 0.2) is 0 Å². The number of rotatable bonds is 2. The number of hydrogen-bond acceptors (Lipinski definition) is 3. The van der Waals surface area contributed by atoms with Crippen LogP contribution in [0.4, 0.5) is 0 Å². The lowest BCUT2D eigenvalue weighted by Crippen LogP contribution is -2.37. The quantitative estimate of drug-likeness (QED) is 0.840. The van der Waals surface area contributed by atoms with Crippen LogP contribution in [0.5, 0.6) is 0 Å². The molecular formula is C19H23N3OS. The average Bonchev–Trinajstić information content (AvgIpc) is 3.25. The lowest BCUT2D eigenvalue weighted by molar-refractivity contribution is -0.131. The zero-order valence-corrected chi connectivity index (χ0v) is 15.3. The van der Waals surface area contributed by atoms with Gasteiger partial charge in [0.2, 0.25) is 5.91 Å². The monoisotopic (exact) mass is 341 g/mol. The van der Waals surface area contributed by atoms with Gasteiger partial charge < -0.3 is 4.90 Å². The number of hydrogen-bond donors (Lipinski definition) is 0. The van der Waals surface area contributed by atoms with E-state index in [0.29, 0.717) is 5.91 Å². The summed E-state index contributed by atoms with van der Waals surface area (Å²) in [6.07, 6.45) is 2.98. The molecule has 24 heavy (non-hydrogen) atoms. The first-order valence-electron chi connectivity index (χ1n) is 8.61. The van der Waals surface area contributed by atoms with Crippen molar-refractivity contribution in [3.05, 3.63) is 46.8 Å². The Kier molecular flexibility index (Phi) is 3.91. The minimum absolute atomic E-state index is 0.0280. The summed E-state index contributed by atoms with van der Waals surface area (Å²) in [5, 5.41) is 4.58. The smallest absolute Gasteiger partial charge is 0.236 e. The Morgan fingerprint density at radius 2 is 2.08 bits per heavy atom. The molecule has 2 aliphatic heterocycles. The van der Waals surface area contributed by atoms with Crippen LogP contribution in [-0.4, -0.2) is 32.4 Å². The van der Waals surface area contributed by atoms with E-state index in [0.717, 1.165) is 31.5 Å². The van der Waals surface area contributed by atoms with Crippen LogP contribution in [-0.2, 0) is 18.3 Å². The second kappa shape index (κ2) is 5.96. The summed E-state index contributed by atoms with van der Waals surface area (Å²) in [6, 6.07) is 8.58. The van der Waals surface area contributed by atoms with Crippen molar-refractivity contribution in [1.29, 1.82) is 0 Å². The van der Waals surface area contributed by atoms with Crippen molar-refractivity contribution in [2.24, 2.45) is 7.05 Å². The third kappa shape index (κ3) is 2.46. The summed E-state index contributed by atoms with van der Waals surface area (Å²) >= 11 is 1.73. The average molecular weight is 341 g/mol. The van der Waals surface area contributed by atoms with Crippen LogP contribution in [0.25, 0.3) is 0 Å². The predicted molar refractivity (Wildman–Crippen MR) is 96.2 cm³/mol. The van der Waals surface area contributed by atoms with Crippen LogP contribution in [0.2, 0.25) is 0 Å². The van der Waals surface area contributed by atoms with E-state index in [1.54, 1.807) is 11.8 Å². The Morgan fingerprint density at radius 3 is 2.79 bits per heavy atom. The Hall–Kier alpha value is -1.75. The summed E-state index contributed by atoms with van der Waals surface area (Å²) in [4.78, 5) is 16.6. The van der Waals surface area contributed by atoms with Gasteiger partial charge >= 0.3 is 0 Å². The molecule has 0 saturated carbocycles. The van der Waals surface area contributed by atoms with E-state index in [4.69, 9.17) is 0 Å². The fourth-order valence-electron chi connectivity index (χ4n) is 4.11. The SMILES string of the molecule is Cc1nn(C)c(C)c1C1CCCN1C(=O)C1Cc2ccccc2S1. The molecule has 1 aromatic heterocycles. The molecule has 1 saturated heterocycles. The van der Waals surface area contributed by atoms with Gasteiger partial charge in [-0.25, -0.2) is 0 Å². The summed E-state index contributed by atoms with van der Waals surface area (Å²) in [5.74, 6) is 0.293. The zero-order chi connectivity index (χ0) is 16.8. The minimum atomic E-state index is 0.0280. The van der Waals surface area contributed by atoms with Crippen molar-refractivity contribution >= 4 is 17.7 Å². The third-order valence-corrected chi connectivity index (χ3v) is 6.66. The summed E-state index contributed by atoms with van der Waals surface area (Å²) in [7, 11) is 1.98. The van der Waals surface area contributed by atoms with Crippen molar-refractivity contribution in [1.82, 2.24) is 14.7 Å². The van der Waals surface area contributed by atoms with Gasteiger partial charge in [0.25, 0.3) is 0 Å². The van der Waals surface area contributed by atoms with E-state index in [2.05, 4.69) is 48.1 Å². The molecular weight excluding hydrogens is 318 g/mol. The molecule has 0 spiro atoms. The first-order valence-corrected chi connectivity index (χ1v) is 9.49. The number of benzene rings is 1. The van der Waals surface area contributed by atoms with E-state index in [1.165, 1.54) is 21.7 Å². The lowest BCUT2D eigenvalue weighted by atomic mass is 10.0. The molecule has 1 fully saturated rings. The van der Waals surface area contributed by atoms with Crippen molar-refractivity contribution in [3.8, 4) is 0 Å². The van der Waals surface area contributed by atoms with E-state index in [9.17, 15) is 4.79 Å². The molecule has 1 amide bonds. The highest BCUT2D eigenvalue weighted by Gasteiger charge is 2.38. The Bertz CT molecular complexity index is 773. The number of carbonyl (C=O) groups excluding carboxylic acids is 1. The first kappa shape index (κ1) is 15.8. The molecule has 2 unspecified atom stereocenters. The highest BCUT2D eigenvalue weighted by atomic mass is 32.2. The molecule has 0 aliphatic carbocycles. The highest BCUT2D eigenvalue weighted by molar-refractivity contribution is 8.01. The number of carbonyl (C=O) groups is 1. The molecule has 5 heteroatoms. The molecule has 0 radical (unpaired) electrons. The fourth-order valence-corrected chi connectivity index (χ4v) is 5.37. The van der Waals surface area contributed by atoms with Crippen LogP contribution in [0.15, 0.2) is 29.2 Å². The van der Waals surface area contributed by atoms with Gasteiger partial charge in [-0.2, -0.15) is 5.10 Å². The largest absolute Gasteiger partial charge is 0.335 e. The van der Waals surface area contributed by atoms with Gasteiger partial charge in [-0.1, -0.05) is 18.2 Å². The Balaban J connectivity index is 1.59. The number of nitrogens with zero attached hydrogens (tertiary/aromatic N) is 3. The molecule has 4 nitrogen and oxygen atoms in total.